The third kappa shape index (κ3) is 4.40. The molecule has 1 unspecified atom stereocenters. The summed E-state index contributed by atoms with van der Waals surface area (Å²) in [5.41, 5.74) is 1.95. The Morgan fingerprint density at radius 3 is 2.65 bits per heavy atom. The monoisotopic (exact) mass is 356 g/mol. The smallest absolute Gasteiger partial charge is 0.161 e. The van der Waals surface area contributed by atoms with Crippen molar-refractivity contribution in [2.45, 2.75) is 59.0 Å². The van der Waals surface area contributed by atoms with Gasteiger partial charge < -0.3 is 14.8 Å². The molecule has 2 aliphatic rings. The minimum absolute atomic E-state index is 0.173. The summed E-state index contributed by atoms with van der Waals surface area (Å²) in [7, 11) is 1.66. The first kappa shape index (κ1) is 18.8. The van der Waals surface area contributed by atoms with Crippen LogP contribution in [0.5, 0.6) is 11.5 Å². The summed E-state index contributed by atoms with van der Waals surface area (Å²) in [6, 6.07) is 5.84. The number of nitrogens with one attached hydrogen (secondary N) is 1. The number of methoxy groups -OCH3 is 1. The van der Waals surface area contributed by atoms with Crippen molar-refractivity contribution in [2.24, 2.45) is 11.8 Å². The summed E-state index contributed by atoms with van der Waals surface area (Å²) >= 11 is 0. The number of hydrogen-bond acceptors (Lipinski definition) is 4. The quantitative estimate of drug-likeness (QED) is 0.754. The second kappa shape index (κ2) is 8.61. The van der Waals surface area contributed by atoms with Gasteiger partial charge in [0, 0.05) is 5.39 Å². The minimum atomic E-state index is 0.173. The molecule has 0 amide bonds. The highest BCUT2D eigenvalue weighted by molar-refractivity contribution is 5.95. The standard InChI is InChI=1S/C13H14N2O2.C9H18/c1-8-6-15-13-10-5-9(16-2)3-4-11(10)14-7-12(13)17-8;1-3-9-6-4-8(2)5-7-9/h3-5,7-8,15H,6H2,1-2H3;8-9H,3-7H2,1-2H3. The van der Waals surface area contributed by atoms with E-state index in [9.17, 15) is 0 Å². The Balaban J connectivity index is 0.000000185. The van der Waals surface area contributed by atoms with E-state index < -0.39 is 0 Å². The van der Waals surface area contributed by atoms with Gasteiger partial charge in [-0.15, -0.1) is 0 Å². The number of hydrogen-bond donors (Lipinski definition) is 1. The van der Waals surface area contributed by atoms with Crippen LogP contribution in [0.1, 0.15) is 52.9 Å². The maximum absolute atomic E-state index is 5.75. The maximum atomic E-state index is 5.75. The molecule has 142 valence electrons. The third-order valence-corrected chi connectivity index (χ3v) is 5.65. The minimum Gasteiger partial charge on any atom is -0.497 e. The second-order valence-electron chi connectivity index (χ2n) is 7.72. The van der Waals surface area contributed by atoms with Crippen LogP contribution in [0, 0.1) is 11.8 Å². The van der Waals surface area contributed by atoms with E-state index in [0.29, 0.717) is 0 Å². The Morgan fingerprint density at radius 2 is 1.96 bits per heavy atom. The average Bonchev–Trinajstić information content (AvgIpc) is 2.68. The first-order chi connectivity index (χ1) is 12.6. The lowest BCUT2D eigenvalue weighted by atomic mass is 9.82. The molecule has 2 aromatic rings. The van der Waals surface area contributed by atoms with Crippen LogP contribution in [0.3, 0.4) is 0 Å². The van der Waals surface area contributed by atoms with Crippen LogP contribution in [0.4, 0.5) is 5.69 Å². The number of aromatic nitrogens is 1. The predicted octanol–water partition coefficient (Wildman–Crippen LogP) is 5.66. The molecule has 4 rings (SSSR count). The van der Waals surface area contributed by atoms with Crippen molar-refractivity contribution in [1.29, 1.82) is 0 Å². The van der Waals surface area contributed by atoms with Crippen LogP contribution in [-0.2, 0) is 0 Å². The molecule has 0 saturated heterocycles. The van der Waals surface area contributed by atoms with Gasteiger partial charge in [0.15, 0.2) is 5.75 Å². The van der Waals surface area contributed by atoms with Crippen LogP contribution < -0.4 is 14.8 Å². The van der Waals surface area contributed by atoms with Crippen molar-refractivity contribution in [3.8, 4) is 11.5 Å². The summed E-state index contributed by atoms with van der Waals surface area (Å²) < 4.78 is 11.0. The van der Waals surface area contributed by atoms with Gasteiger partial charge in [-0.25, -0.2) is 0 Å². The zero-order valence-corrected chi connectivity index (χ0v) is 16.5. The van der Waals surface area contributed by atoms with Gasteiger partial charge in [-0.3, -0.25) is 4.98 Å². The SMILES string of the molecule is CCC1CCC(C)CC1.COc1ccc2ncc3c(c2c1)NCC(C)O3. The van der Waals surface area contributed by atoms with Crippen LogP contribution in [0.25, 0.3) is 10.9 Å². The van der Waals surface area contributed by atoms with Crippen LogP contribution in [-0.4, -0.2) is 24.7 Å². The molecule has 0 radical (unpaired) electrons. The molecule has 26 heavy (non-hydrogen) atoms. The Kier molecular flexibility index (Phi) is 6.23. The van der Waals surface area contributed by atoms with Gasteiger partial charge in [0.1, 0.15) is 11.9 Å². The summed E-state index contributed by atoms with van der Waals surface area (Å²) in [6.45, 7) is 7.54. The van der Waals surface area contributed by atoms with Crippen LogP contribution in [0.15, 0.2) is 24.4 Å². The zero-order valence-electron chi connectivity index (χ0n) is 16.5. The Labute approximate surface area is 157 Å². The van der Waals surface area contributed by atoms with Crippen molar-refractivity contribution in [1.82, 2.24) is 4.98 Å². The predicted molar refractivity (Wildman–Crippen MR) is 108 cm³/mol. The number of anilines is 1. The molecular weight excluding hydrogens is 324 g/mol. The van der Waals surface area contributed by atoms with E-state index in [1.807, 2.05) is 25.1 Å². The lowest BCUT2D eigenvalue weighted by Gasteiger charge is -2.25. The van der Waals surface area contributed by atoms with Crippen molar-refractivity contribution in [3.05, 3.63) is 24.4 Å². The van der Waals surface area contributed by atoms with E-state index in [-0.39, 0.29) is 6.10 Å². The van der Waals surface area contributed by atoms with E-state index in [0.717, 1.165) is 46.5 Å². The van der Waals surface area contributed by atoms with Gasteiger partial charge >= 0.3 is 0 Å². The molecule has 4 nitrogen and oxygen atoms in total. The highest BCUT2D eigenvalue weighted by Gasteiger charge is 2.18. The first-order valence-corrected chi connectivity index (χ1v) is 9.98. The molecule has 1 aromatic carbocycles. The number of rotatable bonds is 2. The van der Waals surface area contributed by atoms with Crippen molar-refractivity contribution < 1.29 is 9.47 Å². The molecule has 1 N–H and O–H groups in total. The number of nitrogens with zero attached hydrogens (tertiary/aromatic N) is 1. The number of benzene rings is 1. The van der Waals surface area contributed by atoms with E-state index in [1.165, 1.54) is 32.1 Å². The van der Waals surface area contributed by atoms with Crippen LogP contribution in [0.2, 0.25) is 0 Å². The summed E-state index contributed by atoms with van der Waals surface area (Å²) in [5.74, 6) is 3.73. The van der Waals surface area contributed by atoms with E-state index >= 15 is 0 Å². The topological polar surface area (TPSA) is 43.4 Å². The molecule has 0 bridgehead atoms. The van der Waals surface area contributed by atoms with Crippen LogP contribution >= 0.6 is 0 Å². The normalized spacial score (nSPS) is 24.5. The lowest BCUT2D eigenvalue weighted by molar-refractivity contribution is 0.225. The fraction of sp³-hybridized carbons (Fsp3) is 0.591. The lowest BCUT2D eigenvalue weighted by Crippen LogP contribution is -2.27. The largest absolute Gasteiger partial charge is 0.497 e. The molecule has 1 atom stereocenters. The van der Waals surface area contributed by atoms with Gasteiger partial charge in [-0.1, -0.05) is 46.0 Å². The van der Waals surface area contributed by atoms with E-state index in [2.05, 4.69) is 24.1 Å². The van der Waals surface area contributed by atoms with Gasteiger partial charge in [0.2, 0.25) is 0 Å². The summed E-state index contributed by atoms with van der Waals surface area (Å²) in [5, 5.41) is 4.42. The number of ether oxygens (including phenoxy) is 2. The summed E-state index contributed by atoms with van der Waals surface area (Å²) in [6.07, 6.45) is 9.32. The Hall–Kier alpha value is -1.97. The molecule has 4 heteroatoms. The zero-order chi connectivity index (χ0) is 18.5. The average molecular weight is 357 g/mol. The third-order valence-electron chi connectivity index (χ3n) is 5.65. The maximum Gasteiger partial charge on any atom is 0.161 e. The molecule has 1 fully saturated rings. The van der Waals surface area contributed by atoms with Crippen molar-refractivity contribution in [2.75, 3.05) is 19.0 Å². The Bertz CT molecular complexity index is 723. The Morgan fingerprint density at radius 1 is 1.19 bits per heavy atom. The van der Waals surface area contributed by atoms with Crippen molar-refractivity contribution >= 4 is 16.6 Å². The second-order valence-corrected chi connectivity index (χ2v) is 7.72. The highest BCUT2D eigenvalue weighted by Crippen LogP contribution is 2.36. The van der Waals surface area contributed by atoms with Gasteiger partial charge in [-0.05, 0) is 37.0 Å². The van der Waals surface area contributed by atoms with Gasteiger partial charge in [0.05, 0.1) is 31.1 Å². The number of fused-ring (bicyclic) bond motifs is 3. The fourth-order valence-electron chi connectivity index (χ4n) is 3.79. The first-order valence-electron chi connectivity index (χ1n) is 9.98. The molecular formula is C22H32N2O2. The molecule has 2 heterocycles. The molecule has 1 aliphatic heterocycles. The molecule has 1 saturated carbocycles. The summed E-state index contributed by atoms with van der Waals surface area (Å²) in [4.78, 5) is 4.38. The molecule has 1 aliphatic carbocycles. The van der Waals surface area contributed by atoms with Gasteiger partial charge in [0.25, 0.3) is 0 Å². The molecule has 0 spiro atoms. The highest BCUT2D eigenvalue weighted by atomic mass is 16.5. The fourth-order valence-corrected chi connectivity index (χ4v) is 3.79. The van der Waals surface area contributed by atoms with E-state index in [4.69, 9.17) is 9.47 Å². The molecule has 1 aromatic heterocycles. The van der Waals surface area contributed by atoms with Gasteiger partial charge in [-0.2, -0.15) is 0 Å². The van der Waals surface area contributed by atoms with Crippen molar-refractivity contribution in [3.63, 3.8) is 0 Å². The van der Waals surface area contributed by atoms with E-state index in [1.54, 1.807) is 13.3 Å². The number of pyridine rings is 1.